The molecule has 0 spiro atoms. The molecule has 0 saturated heterocycles. The van der Waals surface area contributed by atoms with Crippen molar-refractivity contribution in [3.05, 3.63) is 126 Å². The van der Waals surface area contributed by atoms with Crippen molar-refractivity contribution in [2.45, 2.75) is 53.4 Å². The van der Waals surface area contributed by atoms with E-state index in [0.29, 0.717) is 12.5 Å². The number of allylic oxidation sites excluding steroid dienone is 1. The maximum atomic E-state index is 6.45. The van der Waals surface area contributed by atoms with Crippen molar-refractivity contribution in [3.63, 3.8) is 0 Å². The first-order valence-corrected chi connectivity index (χ1v) is 18.9. The Morgan fingerprint density at radius 3 is 1.92 bits per heavy atom. The Morgan fingerprint density at radius 1 is 0.729 bits per heavy atom. The van der Waals surface area contributed by atoms with Crippen LogP contribution >= 0.6 is 0 Å². The topological polar surface area (TPSA) is 70.0 Å². The molecule has 0 bridgehead atoms. The first-order valence-electron chi connectivity index (χ1n) is 16.9. The van der Waals surface area contributed by atoms with Gasteiger partial charge in [0.05, 0.1) is 13.7 Å². The van der Waals surface area contributed by atoms with Crippen LogP contribution < -0.4 is 30.7 Å². The zero-order valence-electron chi connectivity index (χ0n) is 28.8. The van der Waals surface area contributed by atoms with Crippen LogP contribution in [-0.2, 0) is 0 Å². The summed E-state index contributed by atoms with van der Waals surface area (Å²) in [6.07, 6.45) is 20.5. The number of aromatic nitrogens is 4. The summed E-state index contributed by atoms with van der Waals surface area (Å²) in [5.74, 6) is 2.19. The summed E-state index contributed by atoms with van der Waals surface area (Å²) in [4.78, 5) is 19.9. The molecule has 0 N–H and O–H groups in total. The van der Waals surface area contributed by atoms with Crippen LogP contribution in [0.15, 0.2) is 104 Å². The second kappa shape index (κ2) is 16.8. The SMILES string of the molecule is CC=Cc1cc(OC)c(C=Cc2ccc([Si](c3ccccn3)(c3ccccn3)c3ccc(C)cn3)nc2)cc1OCC(CC)CCCC. The Hall–Kier alpha value is -4.88. The van der Waals surface area contributed by atoms with E-state index in [1.165, 1.54) is 19.3 Å². The summed E-state index contributed by atoms with van der Waals surface area (Å²) in [6.45, 7) is 9.26. The van der Waals surface area contributed by atoms with Gasteiger partial charge in [-0.3, -0.25) is 19.9 Å². The van der Waals surface area contributed by atoms with Gasteiger partial charge < -0.3 is 9.47 Å². The highest BCUT2D eigenvalue weighted by Gasteiger charge is 2.47. The molecular weight excluding hydrogens is 609 g/mol. The van der Waals surface area contributed by atoms with Gasteiger partial charge >= 0.3 is 0 Å². The predicted octanol–water partition coefficient (Wildman–Crippen LogP) is 6.76. The van der Waals surface area contributed by atoms with Gasteiger partial charge in [0.15, 0.2) is 0 Å². The van der Waals surface area contributed by atoms with Crippen molar-refractivity contribution in [2.75, 3.05) is 13.7 Å². The highest BCUT2D eigenvalue weighted by atomic mass is 28.3. The summed E-state index contributed by atoms with van der Waals surface area (Å²) in [6, 6.07) is 24.7. The van der Waals surface area contributed by atoms with Crippen molar-refractivity contribution >= 4 is 47.6 Å². The minimum atomic E-state index is -3.01. The van der Waals surface area contributed by atoms with Gasteiger partial charge in [-0.05, 0) is 85.8 Å². The predicted molar refractivity (Wildman–Crippen MR) is 201 cm³/mol. The highest BCUT2D eigenvalue weighted by Crippen LogP contribution is 2.32. The lowest BCUT2D eigenvalue weighted by Gasteiger charge is -2.29. The molecule has 5 aromatic rings. The van der Waals surface area contributed by atoms with Gasteiger partial charge in [-0.25, -0.2) is 0 Å². The van der Waals surface area contributed by atoms with Crippen LogP contribution in [0.5, 0.6) is 11.5 Å². The molecule has 0 radical (unpaired) electrons. The number of aryl methyl sites for hydroxylation is 1. The smallest absolute Gasteiger partial charge is 0.263 e. The number of rotatable bonds is 15. The normalized spacial score (nSPS) is 12.4. The van der Waals surface area contributed by atoms with E-state index in [9.17, 15) is 0 Å². The van der Waals surface area contributed by atoms with Crippen LogP contribution in [0.2, 0.25) is 0 Å². The van der Waals surface area contributed by atoms with Crippen LogP contribution in [0.3, 0.4) is 0 Å². The van der Waals surface area contributed by atoms with E-state index in [-0.39, 0.29) is 0 Å². The summed E-state index contributed by atoms with van der Waals surface area (Å²) in [5.41, 5.74) is 4.02. The molecule has 0 aliphatic rings. The maximum Gasteiger partial charge on any atom is 0.263 e. The summed E-state index contributed by atoms with van der Waals surface area (Å²) in [5, 5.41) is 3.74. The summed E-state index contributed by atoms with van der Waals surface area (Å²) < 4.78 is 12.3. The molecule has 6 nitrogen and oxygen atoms in total. The molecule has 1 aromatic carbocycles. The Morgan fingerprint density at radius 2 is 1.38 bits per heavy atom. The van der Waals surface area contributed by atoms with Crippen LogP contribution in [0.25, 0.3) is 18.2 Å². The second-order valence-corrected chi connectivity index (χ2v) is 15.6. The van der Waals surface area contributed by atoms with Crippen molar-refractivity contribution in [1.82, 2.24) is 19.9 Å². The monoisotopic (exact) mass is 654 g/mol. The van der Waals surface area contributed by atoms with Crippen LogP contribution in [0.1, 0.15) is 68.7 Å². The Kier molecular flexibility index (Phi) is 12.1. The van der Waals surface area contributed by atoms with E-state index >= 15 is 0 Å². The molecule has 246 valence electrons. The molecule has 0 amide bonds. The van der Waals surface area contributed by atoms with E-state index in [1.807, 2.05) is 62.1 Å². The standard InChI is InChI=1S/C41H46N4O2Si/c1-6-9-15-32(8-3)30-47-37-27-35(36(46-5)26-34(37)14-7-2)21-19-33-20-23-41(45-29-33)48(38-16-10-12-24-42-38,39-17-11-13-25-43-39)40-22-18-31(4)28-44-40/h7,10-14,16-29,32H,6,8-9,15,30H2,1-5H3. The highest BCUT2D eigenvalue weighted by molar-refractivity contribution is 7.18. The van der Waals surface area contributed by atoms with Gasteiger partial charge in [0, 0.05) is 57.2 Å². The molecular formula is C41H46N4O2Si. The molecule has 1 unspecified atom stereocenters. The third-order valence-corrected chi connectivity index (χ3v) is 13.0. The number of hydrogen-bond acceptors (Lipinski definition) is 6. The van der Waals surface area contributed by atoms with E-state index in [1.54, 1.807) is 7.11 Å². The minimum Gasteiger partial charge on any atom is -0.496 e. The largest absolute Gasteiger partial charge is 0.496 e. The lowest BCUT2D eigenvalue weighted by molar-refractivity contribution is 0.232. The molecule has 0 fully saturated rings. The molecule has 5 rings (SSSR count). The van der Waals surface area contributed by atoms with Gasteiger partial charge in [0.25, 0.3) is 8.07 Å². The fourth-order valence-corrected chi connectivity index (χ4v) is 9.98. The quantitative estimate of drug-likeness (QED) is 0.116. The Bertz CT molecular complexity index is 1750. The average Bonchev–Trinajstić information content (AvgIpc) is 3.14. The molecule has 0 aliphatic heterocycles. The van der Waals surface area contributed by atoms with Gasteiger partial charge in [0.1, 0.15) is 11.5 Å². The maximum absolute atomic E-state index is 6.45. The number of benzene rings is 1. The number of hydrogen-bond donors (Lipinski definition) is 0. The number of unbranched alkanes of at least 4 members (excludes halogenated alkanes) is 1. The van der Waals surface area contributed by atoms with Gasteiger partial charge in [-0.15, -0.1) is 0 Å². The van der Waals surface area contributed by atoms with Crippen molar-refractivity contribution < 1.29 is 9.47 Å². The fraction of sp³-hybridized carbons (Fsp3) is 0.268. The fourth-order valence-electron chi connectivity index (χ4n) is 6.00. The van der Waals surface area contributed by atoms with Crippen molar-refractivity contribution in [1.29, 1.82) is 0 Å². The van der Waals surface area contributed by atoms with Gasteiger partial charge in [-0.1, -0.05) is 81.7 Å². The van der Waals surface area contributed by atoms with Crippen LogP contribution in [-0.4, -0.2) is 41.7 Å². The van der Waals surface area contributed by atoms with Crippen molar-refractivity contribution in [2.24, 2.45) is 5.92 Å². The summed E-state index contributed by atoms with van der Waals surface area (Å²) in [7, 11) is -1.30. The average molecular weight is 655 g/mol. The zero-order chi connectivity index (χ0) is 33.8. The van der Waals surface area contributed by atoms with Crippen molar-refractivity contribution in [3.8, 4) is 11.5 Å². The van der Waals surface area contributed by atoms with Crippen LogP contribution in [0, 0.1) is 12.8 Å². The van der Waals surface area contributed by atoms with E-state index in [2.05, 4.69) is 87.5 Å². The third kappa shape index (κ3) is 7.80. The number of nitrogens with zero attached hydrogens (tertiary/aromatic N) is 4. The lowest BCUT2D eigenvalue weighted by Crippen LogP contribution is -2.77. The Balaban J connectivity index is 1.52. The molecule has 48 heavy (non-hydrogen) atoms. The number of ether oxygens (including phenoxy) is 2. The molecule has 7 heteroatoms. The molecule has 0 aliphatic carbocycles. The first-order chi connectivity index (χ1) is 23.5. The zero-order valence-corrected chi connectivity index (χ0v) is 29.8. The number of pyridine rings is 4. The molecule has 0 saturated carbocycles. The first kappa shape index (κ1) is 34.5. The molecule has 1 atom stereocenters. The van der Waals surface area contributed by atoms with E-state index in [4.69, 9.17) is 29.4 Å². The Labute approximate surface area is 286 Å². The van der Waals surface area contributed by atoms with E-state index < -0.39 is 8.07 Å². The number of methoxy groups -OCH3 is 1. The van der Waals surface area contributed by atoms with E-state index in [0.717, 1.165) is 61.4 Å². The second-order valence-electron chi connectivity index (χ2n) is 12.1. The molecule has 4 heterocycles. The van der Waals surface area contributed by atoms with Gasteiger partial charge in [-0.2, -0.15) is 0 Å². The lowest BCUT2D eigenvalue weighted by atomic mass is 10.0. The van der Waals surface area contributed by atoms with Crippen LogP contribution in [0.4, 0.5) is 0 Å². The third-order valence-electron chi connectivity index (χ3n) is 8.75. The molecule has 4 aromatic heterocycles. The van der Waals surface area contributed by atoms with Gasteiger partial charge in [0.2, 0.25) is 0 Å². The minimum absolute atomic E-state index is 0.539. The summed E-state index contributed by atoms with van der Waals surface area (Å²) >= 11 is 0.